The Morgan fingerprint density at radius 1 is 0.667 bits per heavy atom. The minimum absolute atomic E-state index is 0.820. The zero-order chi connectivity index (χ0) is 22.4. The molecular weight excluding hydrogens is 461 g/mol. The molecule has 0 aliphatic carbocycles. The van der Waals surface area contributed by atoms with Crippen LogP contribution >= 0.6 is 0 Å². The summed E-state index contributed by atoms with van der Waals surface area (Å²) in [6.07, 6.45) is 0. The third-order valence-corrected chi connectivity index (χ3v) is 10.5. The van der Waals surface area contributed by atoms with E-state index in [2.05, 4.69) is 0 Å². The molecule has 0 N–H and O–H groups in total. The Kier molecular flexibility index (Phi) is 7.59. The Morgan fingerprint density at radius 3 is 1.07 bits per heavy atom. The van der Waals surface area contributed by atoms with Crippen molar-refractivity contribution in [2.24, 2.45) is 0 Å². The van der Waals surface area contributed by atoms with Crippen molar-refractivity contribution in [1.82, 2.24) is 0 Å². The second-order valence-electron chi connectivity index (χ2n) is 5.60. The molecule has 11 heteroatoms. The molecule has 0 spiro atoms. The Labute approximate surface area is 173 Å². The van der Waals surface area contributed by atoms with Crippen molar-refractivity contribution < 1.29 is 34.6 Å². The predicted molar refractivity (Wildman–Crippen MR) is 106 cm³/mol. The van der Waals surface area contributed by atoms with Crippen molar-refractivity contribution in [3.8, 4) is 0 Å². The highest BCUT2D eigenvalue weighted by molar-refractivity contribution is 8.44. The quantitative estimate of drug-likeness (QED) is 0.322. The highest BCUT2D eigenvalue weighted by Crippen LogP contribution is 2.37. The van der Waals surface area contributed by atoms with E-state index in [-0.39, 0.29) is 0 Å². The van der Waals surface area contributed by atoms with E-state index in [9.17, 15) is 21.6 Å². The van der Waals surface area contributed by atoms with Crippen LogP contribution in [0.25, 0.3) is 0 Å². The Morgan fingerprint density at radius 2 is 0.900 bits per heavy atom. The molecule has 160 valence electrons. The first kappa shape index (κ1) is 23.8. The molecule has 0 aromatic heterocycles. The second-order valence-corrected chi connectivity index (χ2v) is 12.2. The average Bonchev–Trinajstić information content (AvgIpc) is 2.70. The maximum Gasteiger partial charge on any atom is 0.485 e. The van der Waals surface area contributed by atoms with Gasteiger partial charge in [0.1, 0.15) is 14.7 Å². The summed E-state index contributed by atoms with van der Waals surface area (Å²) in [5.74, 6) is 0. The molecule has 0 saturated carbocycles. The molecule has 0 aliphatic heterocycles. The topological polar surface area (TPSA) is 91.3 Å². The van der Waals surface area contributed by atoms with Crippen LogP contribution in [0.3, 0.4) is 0 Å². The normalized spacial score (nSPS) is 11.9. The largest absolute Gasteiger partial charge is 0.741 e. The third-order valence-electron chi connectivity index (χ3n) is 3.71. The second kappa shape index (κ2) is 9.56. The molecule has 0 fully saturated rings. The summed E-state index contributed by atoms with van der Waals surface area (Å²) in [6, 6.07) is 28.4. The number of hydrogen-bond acceptors (Lipinski definition) is 5. The summed E-state index contributed by atoms with van der Waals surface area (Å²) in [7, 11) is -10.7. The molecule has 5 nitrogen and oxygen atoms in total. The molecule has 0 saturated heterocycles. The number of benzene rings is 3. The molecule has 0 atom stereocenters. The first-order valence-corrected chi connectivity index (χ1v) is 12.7. The Bertz CT molecular complexity index is 1130. The predicted octanol–water partition coefficient (Wildman–Crippen LogP) is 4.16. The third kappa shape index (κ3) is 5.17. The molecule has 0 bridgehead atoms. The molecule has 0 aliphatic rings. The average molecular weight is 477 g/mol. The minimum Gasteiger partial charge on any atom is -0.741 e. The van der Waals surface area contributed by atoms with Gasteiger partial charge in [0, 0.05) is 0 Å². The molecule has 3 rings (SSSR count). The van der Waals surface area contributed by atoms with Crippen molar-refractivity contribution in [3.63, 3.8) is 0 Å². The number of alkyl halides is 3. The lowest BCUT2D eigenvalue weighted by molar-refractivity contribution is -0.0517. The highest BCUT2D eigenvalue weighted by Gasteiger charge is 2.37. The van der Waals surface area contributed by atoms with E-state index in [1.165, 1.54) is 0 Å². The van der Waals surface area contributed by atoms with Gasteiger partial charge < -0.3 is 4.55 Å². The van der Waals surface area contributed by atoms with Gasteiger partial charge in [0.15, 0.2) is 10.1 Å². The number of rotatable bonds is 3. The molecule has 30 heavy (non-hydrogen) atoms. The van der Waals surface area contributed by atoms with Gasteiger partial charge in [-0.15, -0.1) is 8.42 Å². The molecule has 3 aromatic carbocycles. The fourth-order valence-electron chi connectivity index (χ4n) is 2.48. The fraction of sp³-hybridized carbons (Fsp3) is 0.0526. The van der Waals surface area contributed by atoms with Gasteiger partial charge in [-0.2, -0.15) is 13.2 Å². The van der Waals surface area contributed by atoms with Gasteiger partial charge in [0.05, 0.1) is 8.59 Å². The molecule has 0 unspecified atom stereocenters. The van der Waals surface area contributed by atoms with Gasteiger partial charge in [-0.05, 0) is 36.4 Å². The van der Waals surface area contributed by atoms with Gasteiger partial charge in [-0.25, -0.2) is 8.42 Å². The minimum atomic E-state index is -6.09. The fourth-order valence-corrected chi connectivity index (χ4v) is 7.80. The van der Waals surface area contributed by atoms with Gasteiger partial charge in [-0.1, -0.05) is 54.6 Å². The van der Waals surface area contributed by atoms with Crippen molar-refractivity contribution in [2.75, 3.05) is 0 Å². The smallest absolute Gasteiger partial charge is 0.485 e. The van der Waals surface area contributed by atoms with E-state index < -0.39 is 33.5 Å². The van der Waals surface area contributed by atoms with Crippen LogP contribution in [0.4, 0.5) is 13.2 Å². The zero-order valence-electron chi connectivity index (χ0n) is 15.1. The lowest BCUT2D eigenvalue weighted by Crippen LogP contribution is -2.21. The van der Waals surface area contributed by atoms with Gasteiger partial charge in [-0.3, -0.25) is 0 Å². The standard InChI is InChI=1S/C18H15O2S2.CHF3O3S/c19-21(20)22(16-10-4-1-5-11-16,17-12-6-2-7-13-17)18-14-8-3-9-15-18;2-1(3,4)8(5,6)7/h1-15H;(H,5,6,7)/q+1;/p-1. The Hall–Kier alpha value is -2.47. The Balaban J connectivity index is 0.000000343. The van der Waals surface area contributed by atoms with E-state index in [0.29, 0.717) is 0 Å². The number of halogens is 3. The first-order valence-electron chi connectivity index (χ1n) is 8.12. The van der Waals surface area contributed by atoms with Crippen LogP contribution in [0.15, 0.2) is 106 Å². The summed E-state index contributed by atoms with van der Waals surface area (Å²) in [5, 5.41) is 0. The van der Waals surface area contributed by atoms with E-state index in [1.54, 1.807) is 0 Å². The van der Waals surface area contributed by atoms with Crippen molar-refractivity contribution in [3.05, 3.63) is 91.0 Å². The van der Waals surface area contributed by atoms with Gasteiger partial charge in [0.2, 0.25) is 0 Å². The van der Waals surface area contributed by atoms with Crippen molar-refractivity contribution >= 4 is 28.0 Å². The molecule has 3 aromatic rings. The van der Waals surface area contributed by atoms with Crippen LogP contribution < -0.4 is 0 Å². The summed E-state index contributed by atoms with van der Waals surface area (Å²) in [4.78, 5) is 2.46. The highest BCUT2D eigenvalue weighted by atomic mass is 32.9. The van der Waals surface area contributed by atoms with Crippen LogP contribution in [0.1, 0.15) is 0 Å². The maximum absolute atomic E-state index is 12.5. The molecule has 0 amide bonds. The van der Waals surface area contributed by atoms with Crippen LogP contribution in [-0.2, 0) is 28.0 Å². The summed E-state index contributed by atoms with van der Waals surface area (Å²) in [5.41, 5.74) is -5.65. The van der Waals surface area contributed by atoms with E-state index in [0.717, 1.165) is 14.7 Å². The van der Waals surface area contributed by atoms with E-state index >= 15 is 0 Å². The zero-order valence-corrected chi connectivity index (χ0v) is 17.5. The lowest BCUT2D eigenvalue weighted by atomic mass is 10.4. The number of hydrogen-bond donors (Lipinski definition) is 0. The summed E-state index contributed by atoms with van der Waals surface area (Å²) >= 11 is 0. The van der Waals surface area contributed by atoms with Gasteiger partial charge in [0.25, 0.3) is 0 Å². The molecular formula is C19H15F3O5S3. The maximum atomic E-state index is 12.5. The molecule has 0 heterocycles. The van der Waals surface area contributed by atoms with Crippen molar-refractivity contribution in [2.45, 2.75) is 20.2 Å². The van der Waals surface area contributed by atoms with Gasteiger partial charge >= 0.3 is 14.8 Å². The SMILES string of the molecule is O=S(=O)([O-])C(F)(F)F.O=S(=O)=[S+](c1ccccc1)(c1ccccc1)c1ccccc1. The molecule has 0 radical (unpaired) electrons. The van der Waals surface area contributed by atoms with Crippen LogP contribution in [0.2, 0.25) is 0 Å². The lowest BCUT2D eigenvalue weighted by Gasteiger charge is -2.15. The van der Waals surface area contributed by atoms with Crippen LogP contribution in [0, 0.1) is 0 Å². The van der Waals surface area contributed by atoms with Crippen LogP contribution in [0.5, 0.6) is 0 Å². The van der Waals surface area contributed by atoms with E-state index in [1.807, 2.05) is 91.0 Å². The van der Waals surface area contributed by atoms with Crippen LogP contribution in [-0.4, -0.2) is 26.9 Å². The van der Waals surface area contributed by atoms with E-state index in [4.69, 9.17) is 13.0 Å². The van der Waals surface area contributed by atoms with Crippen molar-refractivity contribution in [1.29, 1.82) is 0 Å². The summed E-state index contributed by atoms with van der Waals surface area (Å²) in [6.45, 7) is 0. The first-order chi connectivity index (χ1) is 14.0. The monoisotopic (exact) mass is 476 g/mol. The summed E-state index contributed by atoms with van der Waals surface area (Å²) < 4.78 is 83.8.